The van der Waals surface area contributed by atoms with Gasteiger partial charge in [-0.2, -0.15) is 0 Å². The number of benzene rings is 1. The monoisotopic (exact) mass is 435 g/mol. The minimum Gasteiger partial charge on any atom is -0.352 e. The van der Waals surface area contributed by atoms with Crippen molar-refractivity contribution in [2.75, 3.05) is 18.4 Å². The zero-order chi connectivity index (χ0) is 22.1. The van der Waals surface area contributed by atoms with Crippen LogP contribution >= 0.6 is 0 Å². The summed E-state index contributed by atoms with van der Waals surface area (Å²) in [7, 11) is 0. The molecule has 5 rings (SSSR count). The molecule has 32 heavy (non-hydrogen) atoms. The zero-order valence-electron chi connectivity index (χ0n) is 18.0. The second-order valence-corrected chi connectivity index (χ2v) is 8.53. The fourth-order valence-electron chi connectivity index (χ4n) is 4.62. The van der Waals surface area contributed by atoms with Crippen LogP contribution in [0.3, 0.4) is 0 Å². The molecule has 1 amide bonds. The number of nitrogens with zero attached hydrogens (tertiary/aromatic N) is 4. The van der Waals surface area contributed by atoms with E-state index >= 15 is 0 Å². The summed E-state index contributed by atoms with van der Waals surface area (Å²) >= 11 is 0. The Morgan fingerprint density at radius 2 is 1.97 bits per heavy atom. The van der Waals surface area contributed by atoms with Gasteiger partial charge in [-0.15, -0.1) is 0 Å². The summed E-state index contributed by atoms with van der Waals surface area (Å²) in [6.45, 7) is 4.67. The van der Waals surface area contributed by atoms with E-state index in [0.29, 0.717) is 12.2 Å². The number of pyridine rings is 1. The summed E-state index contributed by atoms with van der Waals surface area (Å²) in [6, 6.07) is 10.3. The molecule has 0 unspecified atom stereocenters. The van der Waals surface area contributed by atoms with Gasteiger partial charge < -0.3 is 14.6 Å². The van der Waals surface area contributed by atoms with Crippen molar-refractivity contribution >= 4 is 11.6 Å². The number of likely N-dealkylation sites (tertiary alicyclic amines) is 1. The Morgan fingerprint density at radius 1 is 1.19 bits per heavy atom. The third-order valence-corrected chi connectivity index (χ3v) is 6.39. The normalized spacial score (nSPS) is 20.1. The van der Waals surface area contributed by atoms with Crippen LogP contribution in [-0.2, 0) is 28.2 Å². The number of nitrogens with one attached hydrogen (secondary N) is 1. The van der Waals surface area contributed by atoms with Crippen molar-refractivity contribution in [2.24, 2.45) is 0 Å². The highest BCUT2D eigenvalue weighted by Gasteiger charge is 2.47. The summed E-state index contributed by atoms with van der Waals surface area (Å²) < 4.78 is 21.7. The van der Waals surface area contributed by atoms with E-state index in [2.05, 4.69) is 20.2 Å². The lowest BCUT2D eigenvalue weighted by molar-refractivity contribution is -0.170. The van der Waals surface area contributed by atoms with Gasteiger partial charge >= 0.3 is 0 Å². The molecular formula is C24H26FN5O2. The van der Waals surface area contributed by atoms with Crippen LogP contribution < -0.4 is 5.32 Å². The second-order valence-electron chi connectivity index (χ2n) is 8.53. The molecule has 1 saturated heterocycles. The Morgan fingerprint density at radius 3 is 2.72 bits per heavy atom. The lowest BCUT2D eigenvalue weighted by atomic mass is 9.88. The number of amides is 1. The minimum atomic E-state index is -0.611. The fraction of sp³-hybridized carbons (Fsp3) is 0.375. The molecule has 1 aromatic carbocycles. The van der Waals surface area contributed by atoms with Crippen LogP contribution in [0.4, 0.5) is 10.1 Å². The van der Waals surface area contributed by atoms with Gasteiger partial charge in [-0.3, -0.25) is 14.7 Å². The van der Waals surface area contributed by atoms with E-state index in [-0.39, 0.29) is 11.7 Å². The van der Waals surface area contributed by atoms with Gasteiger partial charge in [-0.25, -0.2) is 9.37 Å². The molecule has 8 heteroatoms. The Labute approximate surface area is 186 Å². The van der Waals surface area contributed by atoms with Crippen LogP contribution in [0.25, 0.3) is 0 Å². The molecule has 0 bridgehead atoms. The Kier molecular flexibility index (Phi) is 5.48. The molecule has 7 nitrogen and oxygen atoms in total. The number of halogens is 1. The van der Waals surface area contributed by atoms with E-state index in [9.17, 15) is 9.18 Å². The van der Waals surface area contributed by atoms with Crippen molar-refractivity contribution < 1.29 is 13.9 Å². The van der Waals surface area contributed by atoms with E-state index in [1.807, 2.05) is 35.9 Å². The van der Waals surface area contributed by atoms with Gasteiger partial charge in [0.2, 0.25) is 0 Å². The standard InChI is InChI=1S/C24H26FN5O2/c1-17-20(3-2-10-26-17)28-22(31)21-16-30-14-11-27-23(30)24(32-21)8-12-29(13-9-24)15-18-4-6-19(25)7-5-18/h2-7,10-11,14,21H,8-9,12-13,15-16H2,1H3,(H,28,31)/t21-/m0/s1. The first kappa shape index (κ1) is 20.8. The number of ether oxygens (including phenoxy) is 1. The number of imidazole rings is 1. The fourth-order valence-corrected chi connectivity index (χ4v) is 4.62. The molecule has 1 spiro atoms. The van der Waals surface area contributed by atoms with Crippen LogP contribution in [0.2, 0.25) is 0 Å². The van der Waals surface area contributed by atoms with Gasteiger partial charge in [0.1, 0.15) is 17.2 Å². The zero-order valence-corrected chi connectivity index (χ0v) is 18.0. The van der Waals surface area contributed by atoms with Crippen molar-refractivity contribution in [3.63, 3.8) is 0 Å². The Bertz CT molecular complexity index is 1110. The average Bonchev–Trinajstić information content (AvgIpc) is 3.28. The first-order chi connectivity index (χ1) is 15.5. The molecule has 1 N–H and O–H groups in total. The van der Waals surface area contributed by atoms with Crippen molar-refractivity contribution in [1.82, 2.24) is 19.4 Å². The van der Waals surface area contributed by atoms with E-state index < -0.39 is 11.7 Å². The van der Waals surface area contributed by atoms with Gasteiger partial charge in [0, 0.05) is 38.2 Å². The molecule has 2 aromatic heterocycles. The Hall–Kier alpha value is -3.10. The van der Waals surface area contributed by atoms with Crippen molar-refractivity contribution in [1.29, 1.82) is 0 Å². The molecule has 4 heterocycles. The van der Waals surface area contributed by atoms with E-state index in [4.69, 9.17) is 4.74 Å². The SMILES string of the molecule is Cc1ncccc1NC(=O)[C@@H]1Cn2ccnc2C2(CCN(Cc3ccc(F)cc3)CC2)O1. The molecule has 1 fully saturated rings. The number of fused-ring (bicyclic) bond motifs is 2. The molecular weight excluding hydrogens is 409 g/mol. The highest BCUT2D eigenvalue weighted by Crippen LogP contribution is 2.40. The van der Waals surface area contributed by atoms with Crippen molar-refractivity contribution in [3.05, 3.63) is 77.9 Å². The average molecular weight is 436 g/mol. The van der Waals surface area contributed by atoms with Crippen LogP contribution in [0, 0.1) is 12.7 Å². The predicted molar refractivity (Wildman–Crippen MR) is 117 cm³/mol. The molecule has 1 atom stereocenters. The van der Waals surface area contributed by atoms with Gasteiger partial charge in [-0.05, 0) is 49.6 Å². The molecule has 0 saturated carbocycles. The molecule has 2 aliphatic rings. The number of hydrogen-bond donors (Lipinski definition) is 1. The number of aromatic nitrogens is 3. The maximum Gasteiger partial charge on any atom is 0.255 e. The third kappa shape index (κ3) is 4.03. The summed E-state index contributed by atoms with van der Waals surface area (Å²) in [5.41, 5.74) is 1.95. The van der Waals surface area contributed by atoms with Gasteiger partial charge in [0.05, 0.1) is 17.9 Å². The topological polar surface area (TPSA) is 72.3 Å². The van der Waals surface area contributed by atoms with E-state index in [0.717, 1.165) is 49.6 Å². The van der Waals surface area contributed by atoms with Crippen LogP contribution in [0.1, 0.15) is 29.9 Å². The van der Waals surface area contributed by atoms with Crippen LogP contribution in [-0.4, -0.2) is 44.5 Å². The number of anilines is 1. The molecule has 0 aliphatic carbocycles. The molecule has 0 radical (unpaired) electrons. The minimum absolute atomic E-state index is 0.173. The van der Waals surface area contributed by atoms with E-state index in [1.54, 1.807) is 18.5 Å². The smallest absolute Gasteiger partial charge is 0.255 e. The van der Waals surface area contributed by atoms with Crippen LogP contribution in [0.15, 0.2) is 55.0 Å². The largest absolute Gasteiger partial charge is 0.352 e. The lowest BCUT2D eigenvalue weighted by Crippen LogP contribution is -2.53. The molecule has 3 aromatic rings. The molecule has 2 aliphatic heterocycles. The maximum atomic E-state index is 13.2. The number of rotatable bonds is 4. The first-order valence-corrected chi connectivity index (χ1v) is 10.9. The van der Waals surface area contributed by atoms with Crippen LogP contribution in [0.5, 0.6) is 0 Å². The quantitative estimate of drug-likeness (QED) is 0.681. The predicted octanol–water partition coefficient (Wildman–Crippen LogP) is 3.25. The number of aryl methyl sites for hydroxylation is 1. The third-order valence-electron chi connectivity index (χ3n) is 6.39. The summed E-state index contributed by atoms with van der Waals surface area (Å²) in [4.78, 5) is 24.2. The molecule has 166 valence electrons. The lowest BCUT2D eigenvalue weighted by Gasteiger charge is -2.45. The highest BCUT2D eigenvalue weighted by molar-refractivity contribution is 5.94. The summed E-state index contributed by atoms with van der Waals surface area (Å²) in [5.74, 6) is 0.494. The summed E-state index contributed by atoms with van der Waals surface area (Å²) in [5, 5.41) is 2.97. The number of carbonyl (C=O) groups is 1. The van der Waals surface area contributed by atoms with Crippen molar-refractivity contribution in [2.45, 2.75) is 44.6 Å². The van der Waals surface area contributed by atoms with Crippen molar-refractivity contribution in [3.8, 4) is 0 Å². The van der Waals surface area contributed by atoms with E-state index in [1.165, 1.54) is 12.1 Å². The second kappa shape index (κ2) is 8.44. The van der Waals surface area contributed by atoms with Gasteiger partial charge in [0.25, 0.3) is 5.91 Å². The summed E-state index contributed by atoms with van der Waals surface area (Å²) in [6.07, 6.45) is 6.26. The highest BCUT2D eigenvalue weighted by atomic mass is 19.1. The first-order valence-electron chi connectivity index (χ1n) is 10.9. The number of piperidine rings is 1. The van der Waals surface area contributed by atoms with Gasteiger partial charge in [-0.1, -0.05) is 12.1 Å². The number of carbonyl (C=O) groups excluding carboxylic acids is 1. The maximum absolute atomic E-state index is 13.2. The number of hydrogen-bond acceptors (Lipinski definition) is 5. The Balaban J connectivity index is 1.30. The van der Waals surface area contributed by atoms with Gasteiger partial charge in [0.15, 0.2) is 6.10 Å².